The van der Waals surface area contributed by atoms with E-state index in [1.807, 2.05) is 6.92 Å². The molecule has 1 saturated heterocycles. The number of halogens is 3. The first kappa shape index (κ1) is 26.1. The number of hydrogen-bond acceptors (Lipinski definition) is 9. The Labute approximate surface area is 222 Å². The average molecular weight is 538 g/mol. The summed E-state index contributed by atoms with van der Waals surface area (Å²) in [5.74, 6) is 0.440. The summed E-state index contributed by atoms with van der Waals surface area (Å²) in [6, 6.07) is 8.16. The largest absolute Gasteiger partial charge is 0.418 e. The van der Waals surface area contributed by atoms with Gasteiger partial charge in [0, 0.05) is 48.8 Å². The highest BCUT2D eigenvalue weighted by atomic mass is 19.4. The summed E-state index contributed by atoms with van der Waals surface area (Å²) in [5, 5.41) is 5.74. The maximum absolute atomic E-state index is 13.2. The topological polar surface area (TPSA) is 125 Å². The molecule has 5 rings (SSSR count). The Hall–Kier alpha value is -4.52. The number of aromatic nitrogens is 4. The van der Waals surface area contributed by atoms with E-state index in [4.69, 9.17) is 10.7 Å². The van der Waals surface area contributed by atoms with Crippen molar-refractivity contribution >= 4 is 45.8 Å². The van der Waals surface area contributed by atoms with Crippen molar-refractivity contribution in [3.8, 4) is 0 Å². The van der Waals surface area contributed by atoms with Crippen molar-refractivity contribution in [1.29, 1.82) is 0 Å². The maximum Gasteiger partial charge on any atom is 0.418 e. The standard InChI is InChI=1S/C26H26F3N9O/c1-15-3-4-16(24(39)34-17-5-6-19(30)18(12-17)26(27,28)29)11-20(15)35-23-22-21(32-14-33-23)13-31-25(36-22)38-9-7-37(2)8-10-38/h3-6,11-14H,7-10,30H2,1-2H3,(H,34,39)(H,32,33,35). The number of nitrogens with two attached hydrogens (primary N) is 1. The number of nitrogens with zero attached hydrogens (tertiary/aromatic N) is 6. The SMILES string of the molecule is Cc1ccc(C(=O)Nc2ccc(N)c(C(F)(F)F)c2)cc1Nc1ncnc2cnc(N3CCN(C)CC3)nc12. The molecule has 1 aliphatic rings. The number of fused-ring (bicyclic) bond motifs is 1. The van der Waals surface area contributed by atoms with Gasteiger partial charge in [0.25, 0.3) is 5.91 Å². The molecule has 2 aromatic carbocycles. The number of rotatable bonds is 5. The van der Waals surface area contributed by atoms with Gasteiger partial charge in [-0.15, -0.1) is 0 Å². The van der Waals surface area contributed by atoms with Crippen LogP contribution >= 0.6 is 0 Å². The van der Waals surface area contributed by atoms with E-state index in [-0.39, 0.29) is 11.3 Å². The summed E-state index contributed by atoms with van der Waals surface area (Å²) in [5.41, 5.74) is 6.72. The van der Waals surface area contributed by atoms with Crippen LogP contribution in [0, 0.1) is 6.92 Å². The molecule has 1 aliphatic heterocycles. The number of hydrogen-bond donors (Lipinski definition) is 3. The number of anilines is 5. The molecule has 4 N–H and O–H groups in total. The van der Waals surface area contributed by atoms with Crippen molar-refractivity contribution < 1.29 is 18.0 Å². The van der Waals surface area contributed by atoms with Crippen LogP contribution in [0.4, 0.5) is 42.0 Å². The van der Waals surface area contributed by atoms with E-state index in [1.54, 1.807) is 24.4 Å². The molecule has 0 unspecified atom stereocenters. The first-order chi connectivity index (χ1) is 18.6. The second-order valence-electron chi connectivity index (χ2n) is 9.33. The molecule has 1 amide bonds. The molecule has 0 bridgehead atoms. The van der Waals surface area contributed by atoms with Crippen molar-refractivity contribution in [2.45, 2.75) is 13.1 Å². The molecule has 0 aliphatic carbocycles. The van der Waals surface area contributed by atoms with Crippen LogP contribution in [0.15, 0.2) is 48.9 Å². The quantitative estimate of drug-likeness (QED) is 0.323. The Morgan fingerprint density at radius 2 is 1.79 bits per heavy atom. The van der Waals surface area contributed by atoms with Gasteiger partial charge in [-0.2, -0.15) is 13.2 Å². The highest BCUT2D eigenvalue weighted by Gasteiger charge is 2.33. The minimum absolute atomic E-state index is 0.0217. The van der Waals surface area contributed by atoms with Crippen molar-refractivity contribution in [2.75, 3.05) is 54.5 Å². The molecule has 0 atom stereocenters. The Morgan fingerprint density at radius 1 is 1.03 bits per heavy atom. The molecular weight excluding hydrogens is 511 g/mol. The van der Waals surface area contributed by atoms with Gasteiger partial charge in [0.05, 0.1) is 11.8 Å². The van der Waals surface area contributed by atoms with E-state index < -0.39 is 23.3 Å². The lowest BCUT2D eigenvalue weighted by Gasteiger charge is -2.32. The van der Waals surface area contributed by atoms with Crippen molar-refractivity contribution in [3.05, 3.63) is 65.6 Å². The molecule has 0 spiro atoms. The lowest BCUT2D eigenvalue weighted by Crippen LogP contribution is -2.45. The number of alkyl halides is 3. The van der Waals surface area contributed by atoms with E-state index in [0.717, 1.165) is 43.9 Å². The van der Waals surface area contributed by atoms with Gasteiger partial charge in [-0.1, -0.05) is 6.07 Å². The summed E-state index contributed by atoms with van der Waals surface area (Å²) in [6.07, 6.45) is -1.59. The first-order valence-corrected chi connectivity index (χ1v) is 12.2. The minimum Gasteiger partial charge on any atom is -0.398 e. The number of nitrogens with one attached hydrogen (secondary N) is 2. The lowest BCUT2D eigenvalue weighted by molar-refractivity contribution is -0.136. The van der Waals surface area contributed by atoms with Gasteiger partial charge < -0.3 is 26.2 Å². The third-order valence-corrected chi connectivity index (χ3v) is 6.52. The van der Waals surface area contributed by atoms with E-state index >= 15 is 0 Å². The van der Waals surface area contributed by atoms with Gasteiger partial charge in [0.1, 0.15) is 17.4 Å². The van der Waals surface area contributed by atoms with Crippen molar-refractivity contribution in [2.24, 2.45) is 0 Å². The zero-order chi connectivity index (χ0) is 27.7. The third kappa shape index (κ3) is 5.67. The van der Waals surface area contributed by atoms with Crippen LogP contribution in [0.5, 0.6) is 0 Å². The first-order valence-electron chi connectivity index (χ1n) is 12.2. The van der Waals surface area contributed by atoms with E-state index in [9.17, 15) is 18.0 Å². The highest BCUT2D eigenvalue weighted by molar-refractivity contribution is 6.05. The second kappa shape index (κ2) is 10.3. The smallest absolute Gasteiger partial charge is 0.398 e. The zero-order valence-corrected chi connectivity index (χ0v) is 21.3. The molecule has 39 heavy (non-hydrogen) atoms. The summed E-state index contributed by atoms with van der Waals surface area (Å²) in [4.78, 5) is 35.1. The monoisotopic (exact) mass is 537 g/mol. The zero-order valence-electron chi connectivity index (χ0n) is 21.3. The van der Waals surface area contributed by atoms with Crippen LogP contribution in [-0.2, 0) is 6.18 Å². The molecule has 0 saturated carbocycles. The van der Waals surface area contributed by atoms with Crippen molar-refractivity contribution in [1.82, 2.24) is 24.8 Å². The number of amides is 1. The van der Waals surface area contributed by atoms with Gasteiger partial charge in [0.2, 0.25) is 5.95 Å². The molecule has 202 valence electrons. The fourth-order valence-corrected chi connectivity index (χ4v) is 4.20. The maximum atomic E-state index is 13.2. The van der Waals surface area contributed by atoms with Crippen LogP contribution in [0.1, 0.15) is 21.5 Å². The van der Waals surface area contributed by atoms with Crippen LogP contribution in [0.25, 0.3) is 11.0 Å². The number of piperazine rings is 1. The van der Waals surface area contributed by atoms with Crippen LogP contribution in [0.2, 0.25) is 0 Å². The average Bonchev–Trinajstić information content (AvgIpc) is 2.90. The Morgan fingerprint density at radius 3 is 2.54 bits per heavy atom. The highest BCUT2D eigenvalue weighted by Crippen LogP contribution is 2.35. The number of carbonyl (C=O) groups excluding carboxylic acids is 1. The van der Waals surface area contributed by atoms with Crippen LogP contribution < -0.4 is 21.3 Å². The Kier molecular flexibility index (Phi) is 6.91. The number of aryl methyl sites for hydroxylation is 1. The number of benzene rings is 2. The number of likely N-dealkylation sites (N-methyl/N-ethyl adjacent to an activating group) is 1. The molecular formula is C26H26F3N9O. The summed E-state index contributed by atoms with van der Waals surface area (Å²) < 4.78 is 39.7. The third-order valence-electron chi connectivity index (χ3n) is 6.52. The second-order valence-corrected chi connectivity index (χ2v) is 9.33. The van der Waals surface area contributed by atoms with E-state index in [1.165, 1.54) is 12.4 Å². The summed E-state index contributed by atoms with van der Waals surface area (Å²) in [7, 11) is 2.07. The van der Waals surface area contributed by atoms with Gasteiger partial charge in [0.15, 0.2) is 5.82 Å². The Balaban J connectivity index is 1.40. The van der Waals surface area contributed by atoms with Gasteiger partial charge in [-0.25, -0.2) is 19.9 Å². The van der Waals surface area contributed by atoms with Gasteiger partial charge in [-0.05, 0) is 49.9 Å². The molecule has 13 heteroatoms. The lowest BCUT2D eigenvalue weighted by atomic mass is 10.1. The molecule has 2 aromatic heterocycles. The van der Waals surface area contributed by atoms with E-state index in [0.29, 0.717) is 28.5 Å². The number of nitrogen functional groups attached to an aromatic ring is 1. The molecule has 0 radical (unpaired) electrons. The number of carbonyl (C=O) groups is 1. The van der Waals surface area contributed by atoms with E-state index in [2.05, 4.69) is 42.4 Å². The molecule has 1 fully saturated rings. The predicted octanol–water partition coefficient (Wildman–Crippen LogP) is 4.08. The van der Waals surface area contributed by atoms with Gasteiger partial charge >= 0.3 is 6.18 Å². The molecule has 4 aromatic rings. The molecule has 3 heterocycles. The molecule has 10 nitrogen and oxygen atoms in total. The predicted molar refractivity (Wildman–Crippen MR) is 143 cm³/mol. The summed E-state index contributed by atoms with van der Waals surface area (Å²) in [6.45, 7) is 5.26. The normalized spacial score (nSPS) is 14.4. The minimum atomic E-state index is -4.64. The fourth-order valence-electron chi connectivity index (χ4n) is 4.20. The Bertz CT molecular complexity index is 1540. The summed E-state index contributed by atoms with van der Waals surface area (Å²) >= 11 is 0. The fraction of sp³-hybridized carbons (Fsp3) is 0.269. The van der Waals surface area contributed by atoms with Crippen molar-refractivity contribution in [3.63, 3.8) is 0 Å². The van der Waals surface area contributed by atoms with Crippen LogP contribution in [-0.4, -0.2) is 64.0 Å². The van der Waals surface area contributed by atoms with Crippen LogP contribution in [0.3, 0.4) is 0 Å². The van der Waals surface area contributed by atoms with Gasteiger partial charge in [-0.3, -0.25) is 4.79 Å².